The summed E-state index contributed by atoms with van der Waals surface area (Å²) in [6.45, 7) is 6.71. The number of aryl methyl sites for hydroxylation is 3. The van der Waals surface area contributed by atoms with Crippen LogP contribution in [0, 0.1) is 6.92 Å². The normalized spacial score (nSPS) is 15.0. The van der Waals surface area contributed by atoms with E-state index in [0.717, 1.165) is 34.8 Å². The van der Waals surface area contributed by atoms with E-state index in [1.807, 2.05) is 23.6 Å². The van der Waals surface area contributed by atoms with Crippen LogP contribution in [-0.4, -0.2) is 56.7 Å². The summed E-state index contributed by atoms with van der Waals surface area (Å²) in [5, 5.41) is 4.51. The van der Waals surface area contributed by atoms with Crippen molar-refractivity contribution in [1.29, 1.82) is 0 Å². The number of aromatic nitrogens is 4. The number of anilines is 1. The minimum Gasteiger partial charge on any atom is -0.459 e. The fraction of sp³-hybridized carbons (Fsp3) is 0.444. The van der Waals surface area contributed by atoms with Gasteiger partial charge in [-0.05, 0) is 19.1 Å². The number of carbonyl (C=O) groups is 1. The van der Waals surface area contributed by atoms with Crippen molar-refractivity contribution in [3.63, 3.8) is 0 Å². The standard InChI is InChI=1S/C18H22N6O2/c1-4-14-19-15-12(2)21-22(3)16(15)17(20-14)23-7-9-24(10-8-23)18(25)13-6-5-11-26-13/h5-6,11H,4,7-10H2,1-3H3. The van der Waals surface area contributed by atoms with Crippen molar-refractivity contribution in [3.8, 4) is 0 Å². The van der Waals surface area contributed by atoms with E-state index in [1.54, 1.807) is 12.1 Å². The van der Waals surface area contributed by atoms with Crippen LogP contribution in [0.3, 0.4) is 0 Å². The minimum absolute atomic E-state index is 0.0619. The number of fused-ring (bicyclic) bond motifs is 1. The summed E-state index contributed by atoms with van der Waals surface area (Å²) >= 11 is 0. The molecule has 0 aromatic carbocycles. The summed E-state index contributed by atoms with van der Waals surface area (Å²) in [6.07, 6.45) is 2.30. The van der Waals surface area contributed by atoms with Gasteiger partial charge in [0.15, 0.2) is 11.6 Å². The van der Waals surface area contributed by atoms with Gasteiger partial charge in [0, 0.05) is 39.6 Å². The molecule has 0 aliphatic carbocycles. The zero-order chi connectivity index (χ0) is 18.3. The van der Waals surface area contributed by atoms with Gasteiger partial charge in [-0.3, -0.25) is 9.48 Å². The predicted octanol–water partition coefficient (Wildman–Crippen LogP) is 1.79. The highest BCUT2D eigenvalue weighted by molar-refractivity contribution is 5.92. The molecule has 136 valence electrons. The molecule has 1 saturated heterocycles. The van der Waals surface area contributed by atoms with Crippen molar-refractivity contribution < 1.29 is 9.21 Å². The van der Waals surface area contributed by atoms with Crippen LogP contribution in [0.1, 0.15) is 29.0 Å². The van der Waals surface area contributed by atoms with Gasteiger partial charge in [0.25, 0.3) is 5.91 Å². The van der Waals surface area contributed by atoms with Gasteiger partial charge < -0.3 is 14.2 Å². The van der Waals surface area contributed by atoms with Gasteiger partial charge in [-0.15, -0.1) is 0 Å². The molecule has 1 amide bonds. The molecule has 0 radical (unpaired) electrons. The third-order valence-electron chi connectivity index (χ3n) is 4.79. The van der Waals surface area contributed by atoms with Crippen LogP contribution in [0.5, 0.6) is 0 Å². The lowest BCUT2D eigenvalue weighted by Crippen LogP contribution is -2.49. The average molecular weight is 354 g/mol. The monoisotopic (exact) mass is 354 g/mol. The first-order chi connectivity index (χ1) is 12.6. The van der Waals surface area contributed by atoms with Gasteiger partial charge in [0.1, 0.15) is 16.9 Å². The van der Waals surface area contributed by atoms with Gasteiger partial charge in [-0.1, -0.05) is 6.92 Å². The highest BCUT2D eigenvalue weighted by Crippen LogP contribution is 2.27. The maximum absolute atomic E-state index is 12.4. The van der Waals surface area contributed by atoms with E-state index in [4.69, 9.17) is 9.40 Å². The second kappa shape index (κ2) is 6.44. The zero-order valence-corrected chi connectivity index (χ0v) is 15.3. The quantitative estimate of drug-likeness (QED) is 0.713. The molecule has 0 bridgehead atoms. The minimum atomic E-state index is -0.0619. The van der Waals surface area contributed by atoms with E-state index in [9.17, 15) is 4.79 Å². The van der Waals surface area contributed by atoms with Crippen molar-refractivity contribution in [1.82, 2.24) is 24.6 Å². The fourth-order valence-corrected chi connectivity index (χ4v) is 3.42. The molecule has 4 heterocycles. The topological polar surface area (TPSA) is 80.3 Å². The first-order valence-electron chi connectivity index (χ1n) is 8.86. The van der Waals surface area contributed by atoms with Gasteiger partial charge >= 0.3 is 0 Å². The van der Waals surface area contributed by atoms with Gasteiger partial charge in [-0.2, -0.15) is 5.10 Å². The van der Waals surface area contributed by atoms with E-state index in [1.165, 1.54) is 6.26 Å². The van der Waals surface area contributed by atoms with Crippen molar-refractivity contribution in [2.24, 2.45) is 7.05 Å². The van der Waals surface area contributed by atoms with Crippen molar-refractivity contribution >= 4 is 22.8 Å². The zero-order valence-electron chi connectivity index (χ0n) is 15.3. The number of hydrogen-bond donors (Lipinski definition) is 0. The van der Waals surface area contributed by atoms with Gasteiger partial charge in [-0.25, -0.2) is 9.97 Å². The molecule has 0 atom stereocenters. The Labute approximate surface area is 151 Å². The Morgan fingerprint density at radius 1 is 1.23 bits per heavy atom. The number of amides is 1. The third-order valence-corrected chi connectivity index (χ3v) is 4.79. The molecule has 0 saturated carbocycles. The summed E-state index contributed by atoms with van der Waals surface area (Å²) < 4.78 is 7.08. The second-order valence-corrected chi connectivity index (χ2v) is 6.48. The molecule has 0 N–H and O–H groups in total. The summed E-state index contributed by atoms with van der Waals surface area (Å²) in [5.74, 6) is 2.05. The highest BCUT2D eigenvalue weighted by Gasteiger charge is 2.27. The Morgan fingerprint density at radius 2 is 2.00 bits per heavy atom. The predicted molar refractivity (Wildman–Crippen MR) is 97.2 cm³/mol. The molecular formula is C18H22N6O2. The number of rotatable bonds is 3. The Hall–Kier alpha value is -2.90. The highest BCUT2D eigenvalue weighted by atomic mass is 16.3. The van der Waals surface area contributed by atoms with Crippen LogP contribution in [0.15, 0.2) is 22.8 Å². The van der Waals surface area contributed by atoms with Crippen LogP contribution in [0.25, 0.3) is 11.0 Å². The molecule has 8 nitrogen and oxygen atoms in total. The Kier molecular flexibility index (Phi) is 4.10. The van der Waals surface area contributed by atoms with Gasteiger partial charge in [0.2, 0.25) is 0 Å². The molecular weight excluding hydrogens is 332 g/mol. The maximum atomic E-state index is 12.4. The van der Waals surface area contributed by atoms with Crippen molar-refractivity contribution in [3.05, 3.63) is 35.7 Å². The first-order valence-corrected chi connectivity index (χ1v) is 8.86. The Bertz CT molecular complexity index is 938. The molecule has 1 fully saturated rings. The molecule has 3 aromatic rings. The second-order valence-electron chi connectivity index (χ2n) is 6.48. The lowest BCUT2D eigenvalue weighted by Gasteiger charge is -2.35. The largest absolute Gasteiger partial charge is 0.459 e. The SMILES string of the molecule is CCc1nc(N2CCN(C(=O)c3ccco3)CC2)c2c(n1)c(C)nn2C. The van der Waals surface area contributed by atoms with Crippen LogP contribution in [-0.2, 0) is 13.5 Å². The summed E-state index contributed by atoms with van der Waals surface area (Å²) in [5.41, 5.74) is 2.77. The summed E-state index contributed by atoms with van der Waals surface area (Å²) in [4.78, 5) is 25.9. The number of hydrogen-bond acceptors (Lipinski definition) is 6. The van der Waals surface area contributed by atoms with Crippen LogP contribution < -0.4 is 4.90 Å². The number of furan rings is 1. The molecule has 8 heteroatoms. The summed E-state index contributed by atoms with van der Waals surface area (Å²) in [7, 11) is 1.92. The first kappa shape index (κ1) is 16.6. The van der Waals surface area contributed by atoms with E-state index in [2.05, 4.69) is 21.9 Å². The molecule has 1 aliphatic rings. The molecule has 3 aromatic heterocycles. The van der Waals surface area contributed by atoms with Crippen LogP contribution in [0.2, 0.25) is 0 Å². The Balaban J connectivity index is 1.60. The lowest BCUT2D eigenvalue weighted by atomic mass is 10.2. The molecule has 1 aliphatic heterocycles. The van der Waals surface area contributed by atoms with Crippen molar-refractivity contribution in [2.45, 2.75) is 20.3 Å². The molecule has 4 rings (SSSR count). The fourth-order valence-electron chi connectivity index (χ4n) is 3.42. The Morgan fingerprint density at radius 3 is 2.65 bits per heavy atom. The maximum Gasteiger partial charge on any atom is 0.289 e. The van der Waals surface area contributed by atoms with E-state index in [0.29, 0.717) is 31.9 Å². The molecule has 0 spiro atoms. The smallest absolute Gasteiger partial charge is 0.289 e. The molecule has 26 heavy (non-hydrogen) atoms. The van der Waals surface area contributed by atoms with Gasteiger partial charge in [0.05, 0.1) is 12.0 Å². The number of piperazine rings is 1. The third kappa shape index (κ3) is 2.71. The average Bonchev–Trinajstić information content (AvgIpc) is 3.29. The van der Waals surface area contributed by atoms with E-state index in [-0.39, 0.29) is 5.91 Å². The van der Waals surface area contributed by atoms with Crippen LogP contribution in [0.4, 0.5) is 5.82 Å². The van der Waals surface area contributed by atoms with E-state index < -0.39 is 0 Å². The number of nitrogens with zero attached hydrogens (tertiary/aromatic N) is 6. The molecule has 0 unspecified atom stereocenters. The van der Waals surface area contributed by atoms with E-state index >= 15 is 0 Å². The lowest BCUT2D eigenvalue weighted by molar-refractivity contribution is 0.0714. The summed E-state index contributed by atoms with van der Waals surface area (Å²) in [6, 6.07) is 3.44. The van der Waals surface area contributed by atoms with Crippen molar-refractivity contribution in [2.75, 3.05) is 31.1 Å². The number of carbonyl (C=O) groups excluding carboxylic acids is 1. The van der Waals surface area contributed by atoms with Crippen LogP contribution >= 0.6 is 0 Å².